The van der Waals surface area contributed by atoms with Crippen molar-refractivity contribution in [1.82, 2.24) is 0 Å². The van der Waals surface area contributed by atoms with Gasteiger partial charge >= 0.3 is 5.97 Å². The number of aryl methyl sites for hydroxylation is 1. The fourth-order valence-electron chi connectivity index (χ4n) is 3.44. The molecule has 0 fully saturated rings. The van der Waals surface area contributed by atoms with Crippen molar-refractivity contribution < 1.29 is 28.6 Å². The van der Waals surface area contributed by atoms with Crippen LogP contribution in [0.4, 0.5) is 10.7 Å². The minimum atomic E-state index is -0.611. The molecule has 0 saturated carbocycles. The molecule has 176 valence electrons. The molecule has 34 heavy (non-hydrogen) atoms. The molecule has 3 aromatic rings. The van der Waals surface area contributed by atoms with Crippen LogP contribution in [0.15, 0.2) is 42.5 Å². The van der Waals surface area contributed by atoms with Gasteiger partial charge in [-0.1, -0.05) is 18.2 Å². The van der Waals surface area contributed by atoms with Gasteiger partial charge in [-0.15, -0.1) is 11.3 Å². The van der Waals surface area contributed by atoms with Crippen molar-refractivity contribution in [3.63, 3.8) is 0 Å². The Balaban J connectivity index is 1.66. The van der Waals surface area contributed by atoms with Crippen molar-refractivity contribution in [2.45, 2.75) is 33.8 Å². The smallest absolute Gasteiger partial charge is 0.341 e. The molecule has 2 amide bonds. The molecule has 9 heteroatoms. The number of hydrogen-bond acceptors (Lipinski definition) is 7. The molecule has 0 bridgehead atoms. The van der Waals surface area contributed by atoms with E-state index in [9.17, 15) is 14.4 Å². The van der Waals surface area contributed by atoms with E-state index in [0.29, 0.717) is 33.2 Å². The Morgan fingerprint density at radius 1 is 0.971 bits per heavy atom. The Morgan fingerprint density at radius 3 is 2.44 bits per heavy atom. The van der Waals surface area contributed by atoms with Crippen LogP contribution in [0.1, 0.15) is 55.4 Å². The third-order valence-electron chi connectivity index (χ3n) is 5.15. The quantitative estimate of drug-likeness (QED) is 0.472. The summed E-state index contributed by atoms with van der Waals surface area (Å²) in [6, 6.07) is 12.2. The molecule has 2 aromatic carbocycles. The number of fused-ring (bicyclic) bond motifs is 1. The molecule has 0 unspecified atom stereocenters. The van der Waals surface area contributed by atoms with E-state index < -0.39 is 11.9 Å². The van der Waals surface area contributed by atoms with Crippen LogP contribution >= 0.6 is 11.3 Å². The van der Waals surface area contributed by atoms with E-state index in [4.69, 9.17) is 14.2 Å². The number of nitrogens with one attached hydrogen (secondary N) is 2. The summed E-state index contributed by atoms with van der Waals surface area (Å²) in [5, 5.41) is 5.88. The minimum Gasteiger partial charge on any atom is -0.459 e. The van der Waals surface area contributed by atoms with E-state index >= 15 is 0 Å². The largest absolute Gasteiger partial charge is 0.459 e. The maximum Gasteiger partial charge on any atom is 0.341 e. The molecular weight excluding hydrogens is 456 g/mol. The van der Waals surface area contributed by atoms with Crippen molar-refractivity contribution in [2.24, 2.45) is 0 Å². The predicted octanol–water partition coefficient (Wildman–Crippen LogP) is 5.16. The third-order valence-corrected chi connectivity index (χ3v) is 6.36. The number of ether oxygens (including phenoxy) is 3. The van der Waals surface area contributed by atoms with Gasteiger partial charge in [-0.3, -0.25) is 9.59 Å². The van der Waals surface area contributed by atoms with Crippen molar-refractivity contribution in [2.75, 3.05) is 17.4 Å². The number of carbonyl (C=O) groups excluding carboxylic acids is 3. The lowest BCUT2D eigenvalue weighted by atomic mass is 10.1. The van der Waals surface area contributed by atoms with Gasteiger partial charge < -0.3 is 24.8 Å². The van der Waals surface area contributed by atoms with Gasteiger partial charge in [0.05, 0.1) is 16.5 Å². The van der Waals surface area contributed by atoms with E-state index in [1.807, 2.05) is 25.1 Å². The molecular formula is C25H24N2O6S. The van der Waals surface area contributed by atoms with Crippen molar-refractivity contribution in [3.05, 3.63) is 69.6 Å². The number of esters is 1. The normalized spacial score (nSPS) is 11.9. The molecule has 1 aliphatic heterocycles. The van der Waals surface area contributed by atoms with E-state index in [2.05, 4.69) is 10.6 Å². The Labute approximate surface area is 200 Å². The summed E-state index contributed by atoms with van der Waals surface area (Å²) in [5.74, 6) is -0.421. The van der Waals surface area contributed by atoms with Gasteiger partial charge in [0, 0.05) is 11.3 Å². The maximum absolute atomic E-state index is 13.1. The summed E-state index contributed by atoms with van der Waals surface area (Å²) >= 11 is 1.02. The van der Waals surface area contributed by atoms with Crippen LogP contribution in [0.5, 0.6) is 11.5 Å². The average molecular weight is 481 g/mol. The van der Waals surface area contributed by atoms with E-state index in [-0.39, 0.29) is 29.4 Å². The first-order chi connectivity index (χ1) is 16.2. The second kappa shape index (κ2) is 9.56. The molecule has 1 aromatic heterocycles. The fourth-order valence-corrected chi connectivity index (χ4v) is 4.53. The highest BCUT2D eigenvalue weighted by Gasteiger charge is 2.28. The summed E-state index contributed by atoms with van der Waals surface area (Å²) < 4.78 is 16.0. The molecule has 0 saturated heterocycles. The number of hydrogen-bond donors (Lipinski definition) is 2. The first-order valence-electron chi connectivity index (χ1n) is 10.7. The molecule has 0 spiro atoms. The Morgan fingerprint density at radius 2 is 1.71 bits per heavy atom. The maximum atomic E-state index is 13.1. The first-order valence-corrected chi connectivity index (χ1v) is 11.5. The summed E-state index contributed by atoms with van der Waals surface area (Å²) in [7, 11) is 0. The van der Waals surface area contributed by atoms with Gasteiger partial charge in [0.25, 0.3) is 11.8 Å². The van der Waals surface area contributed by atoms with E-state index in [0.717, 1.165) is 16.9 Å². The van der Waals surface area contributed by atoms with Gasteiger partial charge in [0.15, 0.2) is 11.5 Å². The van der Waals surface area contributed by atoms with Gasteiger partial charge in [-0.2, -0.15) is 0 Å². The molecule has 0 radical (unpaired) electrons. The van der Waals surface area contributed by atoms with Crippen LogP contribution < -0.4 is 20.1 Å². The Hall–Kier alpha value is -3.85. The van der Waals surface area contributed by atoms with Crippen LogP contribution in [-0.2, 0) is 4.74 Å². The van der Waals surface area contributed by atoms with Gasteiger partial charge in [-0.25, -0.2) is 4.79 Å². The minimum absolute atomic E-state index is 0.0923. The SMILES string of the molecule is Cc1ccccc1NC(=O)c1sc(NC(=O)c2ccc3c(c2)OCO3)c(C(=O)OC(C)C)c1C. The molecule has 0 atom stereocenters. The van der Waals surface area contributed by atoms with Crippen molar-refractivity contribution in [1.29, 1.82) is 0 Å². The van der Waals surface area contributed by atoms with Crippen molar-refractivity contribution >= 4 is 39.8 Å². The lowest BCUT2D eigenvalue weighted by molar-refractivity contribution is 0.0379. The van der Waals surface area contributed by atoms with Crippen LogP contribution in [-0.4, -0.2) is 30.7 Å². The van der Waals surface area contributed by atoms with E-state index in [1.165, 1.54) is 0 Å². The second-order valence-corrected chi connectivity index (χ2v) is 9.03. The van der Waals surface area contributed by atoms with E-state index in [1.54, 1.807) is 45.0 Å². The number of rotatable bonds is 6. The molecule has 0 aliphatic carbocycles. The second-order valence-electron chi connectivity index (χ2n) is 8.01. The highest BCUT2D eigenvalue weighted by Crippen LogP contribution is 2.36. The number of benzene rings is 2. The summed E-state index contributed by atoms with van der Waals surface area (Å²) in [6.45, 7) is 7.11. The molecule has 8 nitrogen and oxygen atoms in total. The Kier molecular flexibility index (Phi) is 6.56. The van der Waals surface area contributed by atoms with Crippen LogP contribution in [0.2, 0.25) is 0 Å². The number of thiophene rings is 1. The lowest BCUT2D eigenvalue weighted by Gasteiger charge is -2.11. The summed E-state index contributed by atoms with van der Waals surface area (Å²) in [5.41, 5.74) is 2.48. The Bertz CT molecular complexity index is 1280. The average Bonchev–Trinajstić information content (AvgIpc) is 3.38. The highest BCUT2D eigenvalue weighted by atomic mass is 32.1. The van der Waals surface area contributed by atoms with Crippen LogP contribution in [0, 0.1) is 13.8 Å². The topological polar surface area (TPSA) is 103 Å². The molecule has 2 N–H and O–H groups in total. The summed E-state index contributed by atoms with van der Waals surface area (Å²) in [4.78, 5) is 39.3. The number of anilines is 2. The monoisotopic (exact) mass is 480 g/mol. The highest BCUT2D eigenvalue weighted by molar-refractivity contribution is 7.19. The predicted molar refractivity (Wildman–Crippen MR) is 129 cm³/mol. The van der Waals surface area contributed by atoms with Gasteiger partial charge in [0.2, 0.25) is 6.79 Å². The molecule has 2 heterocycles. The van der Waals surface area contributed by atoms with Crippen LogP contribution in [0.25, 0.3) is 0 Å². The zero-order valence-corrected chi connectivity index (χ0v) is 20.0. The summed E-state index contributed by atoms with van der Waals surface area (Å²) in [6.07, 6.45) is -0.367. The van der Waals surface area contributed by atoms with Crippen molar-refractivity contribution in [3.8, 4) is 11.5 Å². The standard InChI is InChI=1S/C25H24N2O6S/c1-13(2)33-25(30)20-15(4)21(23(29)26-17-8-6-5-7-14(17)3)34-24(20)27-22(28)16-9-10-18-19(11-16)32-12-31-18/h5-11,13H,12H2,1-4H3,(H,26,29)(H,27,28). The van der Waals surface area contributed by atoms with Gasteiger partial charge in [0.1, 0.15) is 5.00 Å². The number of para-hydroxylation sites is 1. The fraction of sp³-hybridized carbons (Fsp3) is 0.240. The van der Waals surface area contributed by atoms with Gasteiger partial charge in [-0.05, 0) is 63.1 Å². The number of amides is 2. The first kappa shape index (κ1) is 23.3. The molecule has 4 rings (SSSR count). The third kappa shape index (κ3) is 4.74. The zero-order valence-electron chi connectivity index (χ0n) is 19.2. The van der Waals surface area contributed by atoms with Crippen LogP contribution in [0.3, 0.4) is 0 Å². The molecule has 1 aliphatic rings. The zero-order chi connectivity index (χ0) is 24.4. The number of carbonyl (C=O) groups is 3. The lowest BCUT2D eigenvalue weighted by Crippen LogP contribution is -2.17.